The summed E-state index contributed by atoms with van der Waals surface area (Å²) in [5, 5.41) is 25.8. The molecule has 35 heavy (non-hydrogen) atoms. The van der Waals surface area contributed by atoms with Crippen LogP contribution in [0.1, 0.15) is 43.7 Å². The van der Waals surface area contributed by atoms with E-state index in [1.807, 2.05) is 6.33 Å². The van der Waals surface area contributed by atoms with Gasteiger partial charge in [0.25, 0.3) is 0 Å². The smallest absolute Gasteiger partial charge is 0.226 e. The molecule has 0 spiro atoms. The van der Waals surface area contributed by atoms with Crippen molar-refractivity contribution in [1.29, 1.82) is 0 Å². The highest BCUT2D eigenvalue weighted by Crippen LogP contribution is 2.34. The number of nitrogens with zero attached hydrogens (tertiary/aromatic N) is 5. The first-order valence-corrected chi connectivity index (χ1v) is 12.6. The summed E-state index contributed by atoms with van der Waals surface area (Å²) in [6, 6.07) is 8.61. The second-order valence-corrected chi connectivity index (χ2v) is 9.41. The standard InChI is InChI=1S/C25H35N7O3/c33-12-2-1-9-26-25-29-23(22-24(30-25)32(17-27-22)20-7-8-21(34)15-20)28-19-5-3-18(4-6-19)16-31-10-13-35-14-11-31/h3-6,17,20-21,33-34H,1-2,7-16H2,(H2,26,28,29,30). The SMILES string of the molecule is OCCCCNc1nc(Nc2ccc(CN3CCOCC3)cc2)c2ncn(C3CCC(O)C3)c2n1. The first-order chi connectivity index (χ1) is 17.2. The lowest BCUT2D eigenvalue weighted by atomic mass is 10.2. The molecular formula is C25H35N7O3. The van der Waals surface area contributed by atoms with Crippen LogP contribution in [0.3, 0.4) is 0 Å². The molecule has 2 unspecified atom stereocenters. The van der Waals surface area contributed by atoms with E-state index in [4.69, 9.17) is 19.8 Å². The Morgan fingerprint density at radius 3 is 2.63 bits per heavy atom. The first-order valence-electron chi connectivity index (χ1n) is 12.6. The van der Waals surface area contributed by atoms with Crippen LogP contribution in [-0.4, -0.2) is 80.2 Å². The molecule has 2 fully saturated rings. The summed E-state index contributed by atoms with van der Waals surface area (Å²) >= 11 is 0. The summed E-state index contributed by atoms with van der Waals surface area (Å²) in [6.07, 6.45) is 5.52. The van der Waals surface area contributed by atoms with Gasteiger partial charge in [-0.2, -0.15) is 9.97 Å². The van der Waals surface area contributed by atoms with Gasteiger partial charge in [0.1, 0.15) is 0 Å². The molecule has 0 radical (unpaired) electrons. The highest BCUT2D eigenvalue weighted by Gasteiger charge is 2.27. The Hall–Kier alpha value is -2.79. The lowest BCUT2D eigenvalue weighted by Crippen LogP contribution is -2.35. The van der Waals surface area contributed by atoms with Crippen molar-refractivity contribution in [3.63, 3.8) is 0 Å². The normalized spacial score (nSPS) is 21.0. The molecule has 1 aliphatic carbocycles. The van der Waals surface area contributed by atoms with Crippen LogP contribution in [0.15, 0.2) is 30.6 Å². The van der Waals surface area contributed by atoms with Crippen LogP contribution in [0.5, 0.6) is 0 Å². The second-order valence-electron chi connectivity index (χ2n) is 9.41. The third-order valence-corrected chi connectivity index (χ3v) is 6.79. The van der Waals surface area contributed by atoms with E-state index in [0.29, 0.717) is 30.2 Å². The maximum atomic E-state index is 10.0. The van der Waals surface area contributed by atoms with Crippen molar-refractivity contribution in [2.24, 2.45) is 0 Å². The fraction of sp³-hybridized carbons (Fsp3) is 0.560. The minimum absolute atomic E-state index is 0.173. The molecule has 1 aromatic carbocycles. The van der Waals surface area contributed by atoms with Gasteiger partial charge in [-0.3, -0.25) is 4.90 Å². The largest absolute Gasteiger partial charge is 0.396 e. The molecule has 2 atom stereocenters. The summed E-state index contributed by atoms with van der Waals surface area (Å²) in [4.78, 5) is 16.5. The highest BCUT2D eigenvalue weighted by atomic mass is 16.5. The highest BCUT2D eigenvalue weighted by molar-refractivity contribution is 5.86. The quantitative estimate of drug-likeness (QED) is 0.324. The van der Waals surface area contributed by atoms with Crippen LogP contribution in [-0.2, 0) is 11.3 Å². The number of aliphatic hydroxyl groups excluding tert-OH is 2. The van der Waals surface area contributed by atoms with Gasteiger partial charge in [0, 0.05) is 44.5 Å². The number of imidazole rings is 1. The number of hydrogen-bond donors (Lipinski definition) is 4. The number of nitrogens with one attached hydrogen (secondary N) is 2. The zero-order valence-electron chi connectivity index (χ0n) is 20.1. The summed E-state index contributed by atoms with van der Waals surface area (Å²) < 4.78 is 7.52. The lowest BCUT2D eigenvalue weighted by Gasteiger charge is -2.26. The summed E-state index contributed by atoms with van der Waals surface area (Å²) in [5.74, 6) is 1.18. The number of ether oxygens (including phenoxy) is 1. The molecule has 5 rings (SSSR count). The van der Waals surface area contributed by atoms with Crippen molar-refractivity contribution >= 4 is 28.6 Å². The number of hydrogen-bond acceptors (Lipinski definition) is 9. The molecule has 3 aromatic rings. The Labute approximate surface area is 205 Å². The van der Waals surface area contributed by atoms with Crippen LogP contribution in [0, 0.1) is 0 Å². The molecule has 10 heteroatoms. The predicted molar refractivity (Wildman–Crippen MR) is 135 cm³/mol. The topological polar surface area (TPSA) is 121 Å². The average molecular weight is 482 g/mol. The zero-order valence-corrected chi connectivity index (χ0v) is 20.1. The molecule has 0 amide bonds. The Kier molecular flexibility index (Phi) is 7.72. The molecule has 188 valence electrons. The van der Waals surface area contributed by atoms with E-state index in [2.05, 4.69) is 49.4 Å². The van der Waals surface area contributed by atoms with E-state index in [1.165, 1.54) is 5.56 Å². The molecule has 1 saturated carbocycles. The van der Waals surface area contributed by atoms with Crippen molar-refractivity contribution in [2.45, 2.75) is 50.8 Å². The van der Waals surface area contributed by atoms with Crippen LogP contribution >= 0.6 is 0 Å². The van der Waals surface area contributed by atoms with Gasteiger partial charge < -0.3 is 30.2 Å². The van der Waals surface area contributed by atoms with Crippen molar-refractivity contribution in [3.8, 4) is 0 Å². The molecular weight excluding hydrogens is 446 g/mol. The average Bonchev–Trinajstić information content (AvgIpc) is 3.50. The van der Waals surface area contributed by atoms with E-state index < -0.39 is 0 Å². The van der Waals surface area contributed by atoms with Crippen LogP contribution in [0.2, 0.25) is 0 Å². The van der Waals surface area contributed by atoms with Crippen LogP contribution < -0.4 is 10.6 Å². The predicted octanol–water partition coefficient (Wildman–Crippen LogP) is 2.67. The van der Waals surface area contributed by atoms with Crippen molar-refractivity contribution in [1.82, 2.24) is 24.4 Å². The Morgan fingerprint density at radius 1 is 1.06 bits per heavy atom. The van der Waals surface area contributed by atoms with E-state index in [9.17, 15) is 5.11 Å². The minimum atomic E-state index is -0.274. The van der Waals surface area contributed by atoms with Crippen molar-refractivity contribution in [2.75, 3.05) is 50.1 Å². The van der Waals surface area contributed by atoms with E-state index in [1.54, 1.807) is 0 Å². The van der Waals surface area contributed by atoms with Gasteiger partial charge in [0.05, 0.1) is 25.6 Å². The maximum Gasteiger partial charge on any atom is 0.226 e. The van der Waals surface area contributed by atoms with Gasteiger partial charge in [-0.05, 0) is 49.8 Å². The second kappa shape index (κ2) is 11.3. The van der Waals surface area contributed by atoms with Crippen LogP contribution in [0.25, 0.3) is 11.2 Å². The number of aromatic nitrogens is 4. The fourth-order valence-electron chi connectivity index (χ4n) is 4.82. The van der Waals surface area contributed by atoms with Gasteiger partial charge in [-0.1, -0.05) is 12.1 Å². The summed E-state index contributed by atoms with van der Waals surface area (Å²) in [7, 11) is 0. The number of benzene rings is 1. The molecule has 1 saturated heterocycles. The molecule has 10 nitrogen and oxygen atoms in total. The van der Waals surface area contributed by atoms with E-state index in [0.717, 1.165) is 69.9 Å². The molecule has 2 aliphatic rings. The summed E-state index contributed by atoms with van der Waals surface area (Å²) in [5.41, 5.74) is 3.67. The number of aliphatic hydroxyl groups is 2. The maximum absolute atomic E-state index is 10.0. The van der Waals surface area contributed by atoms with Gasteiger partial charge in [0.15, 0.2) is 17.0 Å². The van der Waals surface area contributed by atoms with Gasteiger partial charge in [-0.25, -0.2) is 4.98 Å². The molecule has 2 aromatic heterocycles. The Bertz CT molecular complexity index is 1100. The van der Waals surface area contributed by atoms with Crippen molar-refractivity contribution in [3.05, 3.63) is 36.2 Å². The molecule has 0 bridgehead atoms. The zero-order chi connectivity index (χ0) is 24.0. The number of fused-ring (bicyclic) bond motifs is 1. The fourth-order valence-corrected chi connectivity index (χ4v) is 4.82. The Morgan fingerprint density at radius 2 is 1.89 bits per heavy atom. The number of unbranched alkanes of at least 4 members (excludes halogenated alkanes) is 1. The van der Waals surface area contributed by atoms with Gasteiger partial charge >= 0.3 is 0 Å². The van der Waals surface area contributed by atoms with Crippen LogP contribution in [0.4, 0.5) is 17.5 Å². The third-order valence-electron chi connectivity index (χ3n) is 6.79. The van der Waals surface area contributed by atoms with E-state index >= 15 is 0 Å². The third kappa shape index (κ3) is 5.90. The number of morpholine rings is 1. The van der Waals surface area contributed by atoms with E-state index in [-0.39, 0.29) is 18.8 Å². The van der Waals surface area contributed by atoms with Crippen molar-refractivity contribution < 1.29 is 14.9 Å². The first kappa shape index (κ1) is 23.9. The minimum Gasteiger partial charge on any atom is -0.396 e. The molecule has 3 heterocycles. The number of anilines is 3. The summed E-state index contributed by atoms with van der Waals surface area (Å²) in [6.45, 7) is 5.30. The van der Waals surface area contributed by atoms with Gasteiger partial charge in [-0.15, -0.1) is 0 Å². The Balaban J connectivity index is 1.36. The number of rotatable bonds is 10. The molecule has 4 N–H and O–H groups in total. The molecule has 1 aliphatic heterocycles. The monoisotopic (exact) mass is 481 g/mol. The lowest BCUT2D eigenvalue weighted by molar-refractivity contribution is 0.0342. The van der Waals surface area contributed by atoms with Gasteiger partial charge in [0.2, 0.25) is 5.95 Å².